The molecule has 10 aromatic carbocycles. The van der Waals surface area contributed by atoms with Crippen LogP contribution in [0.25, 0.3) is 82.8 Å². The molecule has 0 spiro atoms. The minimum atomic E-state index is -2.72. The Morgan fingerprint density at radius 3 is 1.46 bits per heavy atom. The minimum Gasteiger partial charge on any atom is -0.456 e. The second kappa shape index (κ2) is 15.6. The van der Waals surface area contributed by atoms with Gasteiger partial charge in [-0.05, 0) is 109 Å². The summed E-state index contributed by atoms with van der Waals surface area (Å²) in [6, 6.07) is 81.7. The van der Waals surface area contributed by atoms with E-state index in [1.165, 1.54) is 26.8 Å². The van der Waals surface area contributed by atoms with Crippen LogP contribution in [-0.4, -0.2) is 12.6 Å². The van der Waals surface area contributed by atoms with Crippen molar-refractivity contribution in [3.05, 3.63) is 248 Å². The fourth-order valence-electron chi connectivity index (χ4n) is 10.1. The molecular formula is C60H39F2NOSi. The maximum absolute atomic E-state index is 15.8. The summed E-state index contributed by atoms with van der Waals surface area (Å²) < 4.78 is 39.2. The Kier molecular flexibility index (Phi) is 9.25. The molecule has 0 saturated carbocycles. The number of furan rings is 1. The van der Waals surface area contributed by atoms with E-state index in [0.717, 1.165) is 78.0 Å². The van der Waals surface area contributed by atoms with Gasteiger partial charge >= 0.3 is 0 Å². The van der Waals surface area contributed by atoms with E-state index in [1.807, 2.05) is 71.3 Å². The highest BCUT2D eigenvalue weighted by Gasteiger charge is 2.41. The second-order valence-corrected chi connectivity index (χ2v) is 20.5. The van der Waals surface area contributed by atoms with Gasteiger partial charge in [0.15, 0.2) is 8.07 Å². The van der Waals surface area contributed by atoms with Gasteiger partial charge in [0, 0.05) is 33.3 Å². The Morgan fingerprint density at radius 1 is 0.338 bits per heavy atom. The Labute approximate surface area is 375 Å². The van der Waals surface area contributed by atoms with Gasteiger partial charge in [-0.25, -0.2) is 8.78 Å². The number of halogens is 2. The van der Waals surface area contributed by atoms with Crippen LogP contribution in [0.2, 0.25) is 0 Å². The van der Waals surface area contributed by atoms with Crippen molar-refractivity contribution >= 4 is 72.6 Å². The van der Waals surface area contributed by atoms with Crippen LogP contribution in [0.5, 0.6) is 0 Å². The average molecular weight is 856 g/mol. The third-order valence-corrected chi connectivity index (χ3v) is 17.8. The Bertz CT molecular complexity index is 3630. The van der Waals surface area contributed by atoms with Gasteiger partial charge < -0.3 is 8.98 Å². The molecule has 0 aliphatic carbocycles. The summed E-state index contributed by atoms with van der Waals surface area (Å²) in [5.41, 5.74) is 9.94. The Hall–Kier alpha value is -8.12. The van der Waals surface area contributed by atoms with E-state index in [9.17, 15) is 0 Å². The molecule has 0 N–H and O–H groups in total. The molecule has 2 heterocycles. The number of benzene rings is 10. The molecule has 308 valence electrons. The van der Waals surface area contributed by atoms with Gasteiger partial charge in [-0.15, -0.1) is 0 Å². The number of hydrogen-bond acceptors (Lipinski definition) is 1. The quantitative estimate of drug-likeness (QED) is 0.110. The molecule has 2 aromatic heterocycles. The number of hydrogen-bond donors (Lipinski definition) is 0. The average Bonchev–Trinajstić information content (AvgIpc) is 3.90. The molecule has 0 aliphatic rings. The first kappa shape index (κ1) is 38.5. The number of aromatic nitrogens is 1. The first-order chi connectivity index (χ1) is 32.0. The number of nitrogens with zero attached hydrogens (tertiary/aromatic N) is 1. The van der Waals surface area contributed by atoms with Crippen LogP contribution >= 0.6 is 0 Å². The van der Waals surface area contributed by atoms with Gasteiger partial charge in [0.05, 0.1) is 11.0 Å². The van der Waals surface area contributed by atoms with Crippen molar-refractivity contribution in [1.29, 1.82) is 0 Å². The van der Waals surface area contributed by atoms with Crippen molar-refractivity contribution in [3.8, 4) is 39.1 Å². The van der Waals surface area contributed by atoms with Crippen molar-refractivity contribution in [3.63, 3.8) is 0 Å². The van der Waals surface area contributed by atoms with Crippen LogP contribution in [0.15, 0.2) is 241 Å². The molecular weight excluding hydrogens is 817 g/mol. The summed E-state index contributed by atoms with van der Waals surface area (Å²) in [7, 11) is -2.72. The molecule has 0 radical (unpaired) electrons. The Balaban J connectivity index is 0.970. The summed E-state index contributed by atoms with van der Waals surface area (Å²) >= 11 is 0. The summed E-state index contributed by atoms with van der Waals surface area (Å²) in [5, 5.41) is 8.30. The highest BCUT2D eigenvalue weighted by atomic mass is 28.3. The van der Waals surface area contributed by atoms with Crippen molar-refractivity contribution in [1.82, 2.24) is 4.57 Å². The molecule has 0 amide bonds. The minimum absolute atomic E-state index is 0.386. The molecule has 0 bridgehead atoms. The number of rotatable bonds is 8. The highest BCUT2D eigenvalue weighted by molar-refractivity contribution is 7.19. The highest BCUT2D eigenvalue weighted by Crippen LogP contribution is 2.39. The lowest BCUT2D eigenvalue weighted by molar-refractivity contribution is 0.592. The first-order valence-electron chi connectivity index (χ1n) is 21.9. The normalized spacial score (nSPS) is 11.8. The van der Waals surface area contributed by atoms with E-state index >= 15 is 8.78 Å². The second-order valence-electron chi connectivity index (χ2n) is 16.7. The van der Waals surface area contributed by atoms with Crippen LogP contribution in [-0.2, 0) is 0 Å². The first-order valence-corrected chi connectivity index (χ1v) is 23.9. The molecule has 5 heteroatoms. The zero-order valence-electron chi connectivity index (χ0n) is 35.1. The van der Waals surface area contributed by atoms with Crippen LogP contribution < -0.4 is 20.7 Å². The SMILES string of the molecule is Fc1cc(F)c2c3cc(-c4ccccc4)ccc3n(-c3ccc4oc5ccc(-c6cccc(-c7cccc([Si](c8ccccc8)(c8ccccc8)c8ccccc8)c7)c6)cc5c4c3)c2c1. The lowest BCUT2D eigenvalue weighted by atomic mass is 9.98. The molecule has 0 fully saturated rings. The smallest absolute Gasteiger partial charge is 0.179 e. The molecule has 12 rings (SSSR count). The number of fused-ring (bicyclic) bond motifs is 6. The molecule has 2 nitrogen and oxygen atoms in total. The maximum atomic E-state index is 15.8. The topological polar surface area (TPSA) is 18.1 Å². The van der Waals surface area contributed by atoms with Gasteiger partial charge in [-0.2, -0.15) is 0 Å². The molecule has 0 atom stereocenters. The van der Waals surface area contributed by atoms with Crippen LogP contribution in [0.1, 0.15) is 0 Å². The van der Waals surface area contributed by atoms with Gasteiger partial charge in [0.1, 0.15) is 22.8 Å². The van der Waals surface area contributed by atoms with Gasteiger partial charge in [0.25, 0.3) is 0 Å². The zero-order chi connectivity index (χ0) is 43.5. The molecule has 0 saturated heterocycles. The largest absolute Gasteiger partial charge is 0.456 e. The monoisotopic (exact) mass is 855 g/mol. The van der Waals surface area contributed by atoms with E-state index in [-0.39, 0.29) is 0 Å². The lowest BCUT2D eigenvalue weighted by Gasteiger charge is -2.34. The summed E-state index contributed by atoms with van der Waals surface area (Å²) in [5.74, 6) is -1.21. The summed E-state index contributed by atoms with van der Waals surface area (Å²) in [4.78, 5) is 0. The Morgan fingerprint density at radius 2 is 0.815 bits per heavy atom. The molecule has 12 aromatic rings. The zero-order valence-corrected chi connectivity index (χ0v) is 36.1. The van der Waals surface area contributed by atoms with E-state index < -0.39 is 19.7 Å². The van der Waals surface area contributed by atoms with Crippen LogP contribution in [0.3, 0.4) is 0 Å². The lowest BCUT2D eigenvalue weighted by Crippen LogP contribution is -2.74. The third-order valence-electron chi connectivity index (χ3n) is 13.0. The van der Waals surface area contributed by atoms with Gasteiger partial charge in [0.2, 0.25) is 0 Å². The van der Waals surface area contributed by atoms with Gasteiger partial charge in [-0.3, -0.25) is 0 Å². The predicted molar refractivity (Wildman–Crippen MR) is 268 cm³/mol. The van der Waals surface area contributed by atoms with E-state index in [2.05, 4.69) is 158 Å². The third kappa shape index (κ3) is 6.43. The van der Waals surface area contributed by atoms with Crippen molar-refractivity contribution in [2.45, 2.75) is 0 Å². The standard InChI is InChI=1S/C60H39F2NOSi/c61-46-37-55(62)60-54-36-44(40-15-5-1-6-16-40)27-30-56(54)63(57(60)38-46)47-29-32-59-53(39-47)52-35-45(28-31-58(52)64-59)42-18-13-17-41(33-42)43-19-14-26-51(34-43)65(48-20-7-2-8-21-48,49-22-9-3-10-23-49)50-24-11-4-12-25-50/h1-39H. The fourth-order valence-corrected chi connectivity index (χ4v) is 14.9. The molecule has 65 heavy (non-hydrogen) atoms. The van der Waals surface area contributed by atoms with Crippen molar-refractivity contribution in [2.75, 3.05) is 0 Å². The maximum Gasteiger partial charge on any atom is 0.179 e. The van der Waals surface area contributed by atoms with Crippen molar-refractivity contribution in [2.24, 2.45) is 0 Å². The predicted octanol–water partition coefficient (Wildman–Crippen LogP) is 13.3. The fraction of sp³-hybridized carbons (Fsp3) is 0. The van der Waals surface area contributed by atoms with Crippen LogP contribution in [0.4, 0.5) is 8.78 Å². The van der Waals surface area contributed by atoms with Crippen molar-refractivity contribution < 1.29 is 13.2 Å². The van der Waals surface area contributed by atoms with E-state index in [4.69, 9.17) is 4.42 Å². The molecule has 0 unspecified atom stereocenters. The van der Waals surface area contributed by atoms with Gasteiger partial charge in [-0.1, -0.05) is 176 Å². The summed E-state index contributed by atoms with van der Waals surface area (Å²) in [6.07, 6.45) is 0. The van der Waals surface area contributed by atoms with Crippen LogP contribution in [0, 0.1) is 11.6 Å². The summed E-state index contributed by atoms with van der Waals surface area (Å²) in [6.45, 7) is 0. The van der Waals surface area contributed by atoms with E-state index in [0.29, 0.717) is 10.9 Å². The molecule has 0 aliphatic heterocycles. The van der Waals surface area contributed by atoms with E-state index in [1.54, 1.807) is 0 Å².